The Balaban J connectivity index is 2.13. The Labute approximate surface area is 131 Å². The summed E-state index contributed by atoms with van der Waals surface area (Å²) in [6, 6.07) is 15.7. The molecule has 0 heterocycles. The molecule has 1 N–H and O–H groups in total. The Morgan fingerprint density at radius 2 is 1.91 bits per heavy atom. The molecule has 22 heavy (non-hydrogen) atoms. The molecule has 1 atom stereocenters. The molecule has 0 saturated carbocycles. The highest BCUT2D eigenvalue weighted by Crippen LogP contribution is 2.21. The highest BCUT2D eigenvalue weighted by atomic mass is 16.1. The molecule has 0 aliphatic carbocycles. The number of benzene rings is 2. The molecule has 2 rings (SSSR count). The van der Waals surface area contributed by atoms with Crippen LogP contribution in [0.3, 0.4) is 0 Å². The highest BCUT2D eigenvalue weighted by molar-refractivity contribution is 5.95. The van der Waals surface area contributed by atoms with Crippen molar-refractivity contribution >= 4 is 11.5 Å². The molecule has 0 aliphatic rings. The number of Topliss-reactive ketones (excluding diaryl/α,β-unsaturated/α-hetero) is 1. The average Bonchev–Trinajstić information content (AvgIpc) is 2.52. The third-order valence-corrected chi connectivity index (χ3v) is 3.79. The molecule has 0 saturated heterocycles. The fraction of sp³-hybridized carbons (Fsp3) is 0.263. The van der Waals surface area contributed by atoms with Gasteiger partial charge in [-0.05, 0) is 43.5 Å². The maximum absolute atomic E-state index is 11.5. The lowest BCUT2D eigenvalue weighted by Crippen LogP contribution is -2.11. The van der Waals surface area contributed by atoms with Crippen LogP contribution < -0.4 is 5.32 Å². The minimum atomic E-state index is -0.000812. The summed E-state index contributed by atoms with van der Waals surface area (Å²) < 4.78 is 0. The van der Waals surface area contributed by atoms with Crippen LogP contribution in [0.1, 0.15) is 46.8 Å². The monoisotopic (exact) mass is 292 g/mol. The summed E-state index contributed by atoms with van der Waals surface area (Å²) in [4.78, 5) is 11.5. The van der Waals surface area contributed by atoms with E-state index in [2.05, 4.69) is 49.5 Å². The number of carbonyl (C=O) groups is 1. The van der Waals surface area contributed by atoms with Gasteiger partial charge in [-0.3, -0.25) is 4.79 Å². The lowest BCUT2D eigenvalue weighted by Gasteiger charge is -2.15. The fourth-order valence-electron chi connectivity index (χ4n) is 2.28. The molecule has 0 bridgehead atoms. The lowest BCUT2D eigenvalue weighted by atomic mass is 9.99. The first-order valence-electron chi connectivity index (χ1n) is 7.36. The van der Waals surface area contributed by atoms with Crippen molar-refractivity contribution < 1.29 is 4.79 Å². The van der Waals surface area contributed by atoms with Gasteiger partial charge in [-0.25, -0.2) is 0 Å². The van der Waals surface area contributed by atoms with Crippen LogP contribution in [0.15, 0.2) is 42.5 Å². The van der Waals surface area contributed by atoms with Crippen molar-refractivity contribution in [3.63, 3.8) is 0 Å². The largest absolute Gasteiger partial charge is 0.383 e. The number of ketones is 1. The van der Waals surface area contributed by atoms with E-state index in [-0.39, 0.29) is 5.78 Å². The van der Waals surface area contributed by atoms with Gasteiger partial charge < -0.3 is 5.32 Å². The van der Waals surface area contributed by atoms with Crippen molar-refractivity contribution in [2.45, 2.75) is 26.7 Å². The predicted octanol–water partition coefficient (Wildman–Crippen LogP) is 4.28. The van der Waals surface area contributed by atoms with Crippen LogP contribution >= 0.6 is 0 Å². The number of nitriles is 1. The molecule has 112 valence electrons. The van der Waals surface area contributed by atoms with Gasteiger partial charge in [0.25, 0.3) is 0 Å². The van der Waals surface area contributed by atoms with Gasteiger partial charge in [0.1, 0.15) is 6.07 Å². The first-order chi connectivity index (χ1) is 10.5. The van der Waals surface area contributed by atoms with Gasteiger partial charge in [-0.1, -0.05) is 36.8 Å². The molecular weight excluding hydrogens is 272 g/mol. The lowest BCUT2D eigenvalue weighted by molar-refractivity contribution is 0.101. The van der Waals surface area contributed by atoms with Crippen molar-refractivity contribution in [1.29, 1.82) is 5.26 Å². The van der Waals surface area contributed by atoms with E-state index < -0.39 is 0 Å². The van der Waals surface area contributed by atoms with Crippen molar-refractivity contribution in [3.8, 4) is 6.07 Å². The van der Waals surface area contributed by atoms with E-state index in [0.717, 1.165) is 0 Å². The molecule has 2 aromatic rings. The molecule has 3 nitrogen and oxygen atoms in total. The van der Waals surface area contributed by atoms with Gasteiger partial charge in [-0.2, -0.15) is 5.26 Å². The molecule has 0 aromatic heterocycles. The molecule has 3 heteroatoms. The van der Waals surface area contributed by atoms with E-state index in [1.807, 2.05) is 0 Å². The average molecular weight is 292 g/mol. The smallest absolute Gasteiger partial charge is 0.159 e. The number of anilines is 1. The summed E-state index contributed by atoms with van der Waals surface area (Å²) in [5, 5.41) is 12.5. The van der Waals surface area contributed by atoms with E-state index in [1.54, 1.807) is 18.2 Å². The molecule has 1 unspecified atom stereocenters. The summed E-state index contributed by atoms with van der Waals surface area (Å²) in [5.74, 6) is 0.312. The number of aryl methyl sites for hydroxylation is 1. The minimum Gasteiger partial charge on any atom is -0.383 e. The molecule has 2 aromatic carbocycles. The third kappa shape index (κ3) is 3.73. The Morgan fingerprint density at radius 1 is 1.23 bits per heavy atom. The van der Waals surface area contributed by atoms with Gasteiger partial charge in [0.15, 0.2) is 5.78 Å². The summed E-state index contributed by atoms with van der Waals surface area (Å²) in [5.41, 5.74) is 4.38. The predicted molar refractivity (Wildman–Crippen MR) is 89.2 cm³/mol. The van der Waals surface area contributed by atoms with E-state index >= 15 is 0 Å². The maximum Gasteiger partial charge on any atom is 0.159 e. The van der Waals surface area contributed by atoms with Gasteiger partial charge in [-0.15, -0.1) is 0 Å². The van der Waals surface area contributed by atoms with E-state index in [0.29, 0.717) is 29.3 Å². The summed E-state index contributed by atoms with van der Waals surface area (Å²) in [6.45, 7) is 6.44. The van der Waals surface area contributed by atoms with Gasteiger partial charge in [0, 0.05) is 12.1 Å². The second-order valence-electron chi connectivity index (χ2n) is 5.62. The number of hydrogen-bond donors (Lipinski definition) is 1. The van der Waals surface area contributed by atoms with E-state index in [1.165, 1.54) is 18.1 Å². The highest BCUT2D eigenvalue weighted by Gasteiger charge is 2.09. The van der Waals surface area contributed by atoms with Crippen LogP contribution in [-0.2, 0) is 0 Å². The Hall–Kier alpha value is -2.60. The molecule has 0 fully saturated rings. The van der Waals surface area contributed by atoms with Crippen LogP contribution in [0.4, 0.5) is 5.69 Å². The zero-order chi connectivity index (χ0) is 16.1. The topological polar surface area (TPSA) is 52.9 Å². The van der Waals surface area contributed by atoms with Gasteiger partial charge >= 0.3 is 0 Å². The van der Waals surface area contributed by atoms with Crippen LogP contribution in [0.2, 0.25) is 0 Å². The molecule has 0 radical (unpaired) electrons. The normalized spacial score (nSPS) is 11.5. The number of nitrogens with one attached hydrogen (secondary N) is 1. The van der Waals surface area contributed by atoms with Crippen LogP contribution in [0.5, 0.6) is 0 Å². The van der Waals surface area contributed by atoms with Crippen LogP contribution in [-0.4, -0.2) is 12.3 Å². The van der Waals surface area contributed by atoms with Gasteiger partial charge in [0.2, 0.25) is 0 Å². The number of carbonyl (C=O) groups excluding carboxylic acids is 1. The standard InChI is InChI=1S/C19H20N2O/c1-13-4-6-16(7-5-13)14(2)12-21-19-10-17(15(3)22)8-9-18(19)11-20/h4-10,14,21H,12H2,1-3H3. The third-order valence-electron chi connectivity index (χ3n) is 3.79. The van der Waals surface area contributed by atoms with Crippen LogP contribution in [0.25, 0.3) is 0 Å². The summed E-state index contributed by atoms with van der Waals surface area (Å²) >= 11 is 0. The van der Waals surface area contributed by atoms with Gasteiger partial charge in [0.05, 0.1) is 11.3 Å². The van der Waals surface area contributed by atoms with Crippen molar-refractivity contribution in [3.05, 3.63) is 64.7 Å². The second-order valence-corrected chi connectivity index (χ2v) is 5.62. The number of hydrogen-bond acceptors (Lipinski definition) is 3. The molecular formula is C19H20N2O. The summed E-state index contributed by atoms with van der Waals surface area (Å²) in [7, 11) is 0. The molecule has 0 aliphatic heterocycles. The first-order valence-corrected chi connectivity index (χ1v) is 7.36. The maximum atomic E-state index is 11.5. The fourth-order valence-corrected chi connectivity index (χ4v) is 2.28. The Kier molecular flexibility index (Phi) is 4.95. The first kappa shape index (κ1) is 15.8. The van der Waals surface area contributed by atoms with Crippen molar-refractivity contribution in [2.75, 3.05) is 11.9 Å². The molecule has 0 amide bonds. The van der Waals surface area contributed by atoms with Crippen LogP contribution in [0, 0.1) is 18.3 Å². The van der Waals surface area contributed by atoms with Crippen molar-refractivity contribution in [2.24, 2.45) is 0 Å². The number of rotatable bonds is 5. The minimum absolute atomic E-state index is 0.000812. The summed E-state index contributed by atoms with van der Waals surface area (Å²) in [6.07, 6.45) is 0. The Morgan fingerprint density at radius 3 is 2.50 bits per heavy atom. The SMILES string of the molecule is CC(=O)c1ccc(C#N)c(NCC(C)c2ccc(C)cc2)c1. The Bertz CT molecular complexity index is 711. The molecule has 0 spiro atoms. The zero-order valence-electron chi connectivity index (χ0n) is 13.2. The van der Waals surface area contributed by atoms with E-state index in [4.69, 9.17) is 0 Å². The van der Waals surface area contributed by atoms with Crippen molar-refractivity contribution in [1.82, 2.24) is 0 Å². The quantitative estimate of drug-likeness (QED) is 0.837. The second kappa shape index (κ2) is 6.91. The zero-order valence-corrected chi connectivity index (χ0v) is 13.2. The number of nitrogens with zero attached hydrogens (tertiary/aromatic N) is 1. The van der Waals surface area contributed by atoms with E-state index in [9.17, 15) is 10.1 Å².